The molecular formula is C18H23N3O4S. The Balaban J connectivity index is 1.67. The highest BCUT2D eigenvalue weighted by molar-refractivity contribution is 7.89. The number of aliphatic hydroxyl groups excluding tert-OH is 1. The second kappa shape index (κ2) is 6.37. The van der Waals surface area contributed by atoms with Gasteiger partial charge in [-0.2, -0.15) is 5.10 Å². The third-order valence-corrected chi connectivity index (χ3v) is 6.71. The zero-order chi connectivity index (χ0) is 18.5. The molecule has 1 aromatic carbocycles. The SMILES string of the molecule is Cc1cc(S(=O)(=O)N[C@@H](c2ccc3c(c2)CCO3)C2CC(O)C2)n(C)n1. The van der Waals surface area contributed by atoms with Gasteiger partial charge >= 0.3 is 0 Å². The van der Waals surface area contributed by atoms with Crippen molar-refractivity contribution in [3.63, 3.8) is 0 Å². The molecule has 0 saturated heterocycles. The number of nitrogens with one attached hydrogen (secondary N) is 1. The Morgan fingerprint density at radius 2 is 2.12 bits per heavy atom. The van der Waals surface area contributed by atoms with Crippen LogP contribution in [0.4, 0.5) is 0 Å². The Hall–Kier alpha value is -1.90. The number of aromatic nitrogens is 2. The predicted octanol–water partition coefficient (Wildman–Crippen LogP) is 1.45. The normalized spacial score (nSPS) is 23.2. The summed E-state index contributed by atoms with van der Waals surface area (Å²) in [6.07, 6.45) is 1.65. The van der Waals surface area contributed by atoms with Crippen LogP contribution in [0.2, 0.25) is 0 Å². The molecular weight excluding hydrogens is 354 g/mol. The first kappa shape index (κ1) is 17.5. The van der Waals surface area contributed by atoms with Crippen molar-refractivity contribution in [3.8, 4) is 5.75 Å². The van der Waals surface area contributed by atoms with Crippen LogP contribution in [0.3, 0.4) is 0 Å². The van der Waals surface area contributed by atoms with Gasteiger partial charge in [-0.3, -0.25) is 4.68 Å². The molecule has 7 nitrogen and oxygen atoms in total. The highest BCUT2D eigenvalue weighted by atomic mass is 32.2. The van der Waals surface area contributed by atoms with E-state index in [1.807, 2.05) is 18.2 Å². The molecule has 1 aliphatic heterocycles. The maximum atomic E-state index is 13.0. The molecule has 8 heteroatoms. The summed E-state index contributed by atoms with van der Waals surface area (Å²) in [4.78, 5) is 0. The summed E-state index contributed by atoms with van der Waals surface area (Å²) in [6, 6.07) is 7.02. The number of fused-ring (bicyclic) bond motifs is 1. The molecule has 2 heterocycles. The minimum atomic E-state index is -3.73. The predicted molar refractivity (Wildman–Crippen MR) is 95.4 cm³/mol. The van der Waals surface area contributed by atoms with E-state index in [9.17, 15) is 13.5 Å². The average molecular weight is 377 g/mol. The van der Waals surface area contributed by atoms with Gasteiger partial charge in [0, 0.05) is 13.5 Å². The number of aryl methyl sites for hydroxylation is 2. The number of rotatable bonds is 5. The van der Waals surface area contributed by atoms with Crippen LogP contribution in [-0.2, 0) is 23.5 Å². The summed E-state index contributed by atoms with van der Waals surface area (Å²) in [7, 11) is -2.11. The van der Waals surface area contributed by atoms with Crippen LogP contribution in [0.25, 0.3) is 0 Å². The minimum absolute atomic E-state index is 0.0643. The Morgan fingerprint density at radius 1 is 1.35 bits per heavy atom. The molecule has 2 N–H and O–H groups in total. The summed E-state index contributed by atoms with van der Waals surface area (Å²) in [5, 5.41) is 14.0. The molecule has 2 aliphatic rings. The van der Waals surface area contributed by atoms with Crippen LogP contribution in [0.15, 0.2) is 29.3 Å². The third-order valence-electron chi connectivity index (χ3n) is 5.21. The van der Waals surface area contributed by atoms with Crippen LogP contribution in [0, 0.1) is 12.8 Å². The summed E-state index contributed by atoms with van der Waals surface area (Å²) >= 11 is 0. The monoisotopic (exact) mass is 377 g/mol. The highest BCUT2D eigenvalue weighted by Crippen LogP contribution is 2.40. The van der Waals surface area contributed by atoms with Gasteiger partial charge in [0.05, 0.1) is 24.4 Å². The highest BCUT2D eigenvalue weighted by Gasteiger charge is 2.38. The van der Waals surface area contributed by atoms with E-state index < -0.39 is 10.0 Å². The van der Waals surface area contributed by atoms with E-state index in [0.29, 0.717) is 25.1 Å². The molecule has 2 aromatic rings. The van der Waals surface area contributed by atoms with Gasteiger partial charge in [0.2, 0.25) is 0 Å². The minimum Gasteiger partial charge on any atom is -0.493 e. The lowest BCUT2D eigenvalue weighted by Gasteiger charge is -2.38. The Bertz CT molecular complexity index is 932. The first-order valence-corrected chi connectivity index (χ1v) is 10.3. The Kier molecular flexibility index (Phi) is 4.29. The molecule has 1 atom stereocenters. The van der Waals surface area contributed by atoms with Crippen LogP contribution < -0.4 is 9.46 Å². The zero-order valence-electron chi connectivity index (χ0n) is 14.8. The van der Waals surface area contributed by atoms with Crippen LogP contribution in [0.5, 0.6) is 5.75 Å². The molecule has 0 spiro atoms. The maximum Gasteiger partial charge on any atom is 0.258 e. The van der Waals surface area contributed by atoms with Gasteiger partial charge in [0.25, 0.3) is 10.0 Å². The number of ether oxygens (including phenoxy) is 1. The van der Waals surface area contributed by atoms with Crippen molar-refractivity contribution in [1.29, 1.82) is 0 Å². The molecule has 0 unspecified atom stereocenters. The molecule has 1 aliphatic carbocycles. The van der Waals surface area contributed by atoms with Gasteiger partial charge in [-0.1, -0.05) is 12.1 Å². The fourth-order valence-electron chi connectivity index (χ4n) is 3.80. The van der Waals surface area contributed by atoms with Gasteiger partial charge in [-0.25, -0.2) is 13.1 Å². The van der Waals surface area contributed by atoms with E-state index >= 15 is 0 Å². The maximum absolute atomic E-state index is 13.0. The average Bonchev–Trinajstić information content (AvgIpc) is 3.15. The van der Waals surface area contributed by atoms with Gasteiger partial charge in [-0.05, 0) is 48.9 Å². The molecule has 0 radical (unpaired) electrons. The van der Waals surface area contributed by atoms with E-state index in [1.54, 1.807) is 20.0 Å². The molecule has 26 heavy (non-hydrogen) atoms. The fourth-order valence-corrected chi connectivity index (χ4v) is 5.30. The van der Waals surface area contributed by atoms with E-state index in [-0.39, 0.29) is 23.1 Å². The van der Waals surface area contributed by atoms with Gasteiger partial charge in [0.15, 0.2) is 5.03 Å². The number of aliphatic hydroxyl groups is 1. The van der Waals surface area contributed by atoms with Crippen molar-refractivity contribution in [2.24, 2.45) is 13.0 Å². The zero-order valence-corrected chi connectivity index (χ0v) is 15.7. The van der Waals surface area contributed by atoms with Crippen molar-refractivity contribution >= 4 is 10.0 Å². The number of hydrogen-bond donors (Lipinski definition) is 2. The summed E-state index contributed by atoms with van der Waals surface area (Å²) < 4.78 is 35.7. The van der Waals surface area contributed by atoms with Crippen LogP contribution >= 0.6 is 0 Å². The Morgan fingerprint density at radius 3 is 2.77 bits per heavy atom. The van der Waals surface area contributed by atoms with Gasteiger partial charge < -0.3 is 9.84 Å². The lowest BCUT2D eigenvalue weighted by atomic mass is 9.75. The van der Waals surface area contributed by atoms with Crippen molar-refractivity contribution in [2.75, 3.05) is 6.61 Å². The third kappa shape index (κ3) is 3.13. The molecule has 4 rings (SSSR count). The molecule has 1 saturated carbocycles. The van der Waals surface area contributed by atoms with Crippen molar-refractivity contribution in [2.45, 2.75) is 43.4 Å². The van der Waals surface area contributed by atoms with E-state index in [0.717, 1.165) is 23.3 Å². The Labute approximate surface area is 153 Å². The lowest BCUT2D eigenvalue weighted by Crippen LogP contribution is -2.41. The fraction of sp³-hybridized carbons (Fsp3) is 0.500. The standard InChI is InChI=1S/C18H23N3O4S/c1-11-7-17(21(2)19-11)26(23,24)20-18(14-9-15(22)10-14)13-3-4-16-12(8-13)5-6-25-16/h3-4,7-8,14-15,18,20,22H,5-6,9-10H2,1-2H3/t14?,15?,18-/m0/s1. The summed E-state index contributed by atoms with van der Waals surface area (Å²) in [5.41, 5.74) is 2.66. The first-order chi connectivity index (χ1) is 12.3. The number of nitrogens with zero attached hydrogens (tertiary/aromatic N) is 2. The van der Waals surface area contributed by atoms with Gasteiger partial charge in [-0.15, -0.1) is 0 Å². The van der Waals surface area contributed by atoms with Crippen molar-refractivity contribution in [3.05, 3.63) is 41.1 Å². The molecule has 0 bridgehead atoms. The number of hydrogen-bond acceptors (Lipinski definition) is 5. The van der Waals surface area contributed by atoms with E-state index in [1.165, 1.54) is 4.68 Å². The topological polar surface area (TPSA) is 93.5 Å². The summed E-state index contributed by atoms with van der Waals surface area (Å²) in [6.45, 7) is 2.42. The molecule has 0 amide bonds. The number of benzene rings is 1. The smallest absolute Gasteiger partial charge is 0.258 e. The van der Waals surface area contributed by atoms with E-state index in [2.05, 4.69) is 9.82 Å². The second-order valence-electron chi connectivity index (χ2n) is 7.20. The largest absolute Gasteiger partial charge is 0.493 e. The second-order valence-corrected chi connectivity index (χ2v) is 8.86. The van der Waals surface area contributed by atoms with Crippen LogP contribution in [-0.4, -0.2) is 36.0 Å². The van der Waals surface area contributed by atoms with E-state index in [4.69, 9.17) is 4.74 Å². The quantitative estimate of drug-likeness (QED) is 0.823. The van der Waals surface area contributed by atoms with Crippen molar-refractivity contribution in [1.82, 2.24) is 14.5 Å². The molecule has 140 valence electrons. The molecule has 1 aromatic heterocycles. The molecule has 1 fully saturated rings. The first-order valence-electron chi connectivity index (χ1n) is 8.80. The number of sulfonamides is 1. The van der Waals surface area contributed by atoms with Gasteiger partial charge in [0.1, 0.15) is 5.75 Å². The summed E-state index contributed by atoms with van der Waals surface area (Å²) in [5.74, 6) is 0.931. The van der Waals surface area contributed by atoms with Crippen molar-refractivity contribution < 1.29 is 18.3 Å². The lowest BCUT2D eigenvalue weighted by molar-refractivity contribution is 0.0280. The van der Waals surface area contributed by atoms with Crippen LogP contribution in [0.1, 0.15) is 35.7 Å².